The molecule has 3 N–H and O–H groups in total. The van der Waals surface area contributed by atoms with Crippen molar-refractivity contribution in [3.05, 3.63) is 78.1 Å². The predicted octanol–water partition coefficient (Wildman–Crippen LogP) is 3.53. The van der Waals surface area contributed by atoms with E-state index in [1.165, 1.54) is 21.9 Å². The molecule has 0 aliphatic rings. The van der Waals surface area contributed by atoms with Crippen molar-refractivity contribution in [2.75, 3.05) is 6.54 Å². The Morgan fingerprint density at radius 1 is 0.957 bits per heavy atom. The van der Waals surface area contributed by atoms with Crippen LogP contribution in [0.4, 0.5) is 0 Å². The molecule has 0 unspecified atom stereocenters. The lowest BCUT2D eigenvalue weighted by atomic mass is 10.1. The molecule has 0 saturated carbocycles. The van der Waals surface area contributed by atoms with E-state index in [1.807, 2.05) is 24.5 Å². The first-order chi connectivity index (χ1) is 10.8. The van der Waals surface area contributed by atoms with E-state index in [0.29, 0.717) is 0 Å². The van der Waals surface area contributed by atoms with Gasteiger partial charge < -0.3 is 11.1 Å². The summed E-state index contributed by atoms with van der Waals surface area (Å²) in [5, 5.41) is 5.84. The molecule has 0 aliphatic carbocycles. The minimum atomic E-state index is 0. The Morgan fingerprint density at radius 2 is 1.78 bits per heavy atom. The summed E-state index contributed by atoms with van der Waals surface area (Å²) < 4.78 is 0. The van der Waals surface area contributed by atoms with Crippen molar-refractivity contribution in [3.63, 3.8) is 0 Å². The lowest BCUT2D eigenvalue weighted by molar-refractivity contribution is 0.573. The average molecular weight is 307 g/mol. The summed E-state index contributed by atoms with van der Waals surface area (Å²) in [7, 11) is 0. The zero-order chi connectivity index (χ0) is 15.2. The minimum absolute atomic E-state index is 0. The second-order valence-corrected chi connectivity index (χ2v) is 5.64. The molecule has 0 aliphatic heterocycles. The molecule has 0 bridgehead atoms. The average Bonchev–Trinajstić information content (AvgIpc) is 2.55. The van der Waals surface area contributed by atoms with E-state index in [2.05, 4.69) is 52.8 Å². The molecule has 0 amide bonds. The van der Waals surface area contributed by atoms with Crippen LogP contribution < -0.4 is 11.1 Å². The Bertz CT molecular complexity index is 725. The second kappa shape index (κ2) is 8.42. The minimum Gasteiger partial charge on any atom is -0.326 e. The molecule has 2 aromatic carbocycles. The van der Waals surface area contributed by atoms with Gasteiger partial charge in [-0.15, -0.1) is 0 Å². The van der Waals surface area contributed by atoms with Crippen molar-refractivity contribution in [1.29, 1.82) is 0 Å². The van der Waals surface area contributed by atoms with E-state index >= 15 is 0 Å². The van der Waals surface area contributed by atoms with Gasteiger partial charge in [0.25, 0.3) is 0 Å². The number of pyridine rings is 1. The van der Waals surface area contributed by atoms with Gasteiger partial charge in [0.15, 0.2) is 0 Å². The number of nitrogens with two attached hydrogens (primary N) is 1. The highest BCUT2D eigenvalue weighted by Gasteiger charge is 2.04. The van der Waals surface area contributed by atoms with E-state index in [4.69, 9.17) is 5.73 Å². The Balaban J connectivity index is 0.00000192. The standard InChI is InChI=1S/C19H21N3.CH4/c20-19(11-15-4-2-1-3-5-15)14-22-12-16-6-7-18-13-21-9-8-17(18)10-16;/h1-10,13,19,22H,11-12,14,20H2;1H4/t19-;/m0./s1. The molecule has 23 heavy (non-hydrogen) atoms. The van der Waals surface area contributed by atoms with Crippen molar-refractivity contribution >= 4 is 10.8 Å². The van der Waals surface area contributed by atoms with Crippen LogP contribution in [0.5, 0.6) is 0 Å². The molecule has 3 heteroatoms. The van der Waals surface area contributed by atoms with Gasteiger partial charge in [0.05, 0.1) is 0 Å². The molecular weight excluding hydrogens is 282 g/mol. The first-order valence-electron chi connectivity index (χ1n) is 7.64. The molecule has 1 heterocycles. The van der Waals surface area contributed by atoms with Crippen LogP contribution in [0.15, 0.2) is 67.0 Å². The van der Waals surface area contributed by atoms with E-state index in [9.17, 15) is 0 Å². The van der Waals surface area contributed by atoms with Crippen LogP contribution in [0.3, 0.4) is 0 Å². The van der Waals surface area contributed by atoms with Gasteiger partial charge in [-0.3, -0.25) is 4.98 Å². The normalized spacial score (nSPS) is 11.9. The Kier molecular flexibility index (Phi) is 6.27. The molecule has 0 radical (unpaired) electrons. The van der Waals surface area contributed by atoms with E-state index in [0.717, 1.165) is 19.5 Å². The van der Waals surface area contributed by atoms with Crippen molar-refractivity contribution in [2.45, 2.75) is 26.4 Å². The summed E-state index contributed by atoms with van der Waals surface area (Å²) in [5.74, 6) is 0. The number of hydrogen-bond acceptors (Lipinski definition) is 3. The maximum Gasteiger partial charge on any atom is 0.0346 e. The topological polar surface area (TPSA) is 50.9 Å². The fourth-order valence-electron chi connectivity index (χ4n) is 2.63. The van der Waals surface area contributed by atoms with Crippen LogP contribution in [0.25, 0.3) is 10.8 Å². The molecule has 3 aromatic rings. The summed E-state index contributed by atoms with van der Waals surface area (Å²) in [5.41, 5.74) is 8.75. The molecule has 0 fully saturated rings. The number of nitrogens with one attached hydrogen (secondary N) is 1. The molecule has 120 valence electrons. The number of nitrogens with zero attached hydrogens (tertiary/aromatic N) is 1. The fraction of sp³-hybridized carbons (Fsp3) is 0.250. The van der Waals surface area contributed by atoms with Gasteiger partial charge in [-0.2, -0.15) is 0 Å². The maximum atomic E-state index is 6.19. The number of benzene rings is 2. The van der Waals surface area contributed by atoms with Crippen molar-refractivity contribution in [1.82, 2.24) is 10.3 Å². The first kappa shape index (κ1) is 17.1. The summed E-state index contributed by atoms with van der Waals surface area (Å²) in [4.78, 5) is 4.14. The quantitative estimate of drug-likeness (QED) is 0.732. The summed E-state index contributed by atoms with van der Waals surface area (Å²) in [6, 6.07) is 19.0. The van der Waals surface area contributed by atoms with Gasteiger partial charge in [-0.25, -0.2) is 0 Å². The van der Waals surface area contributed by atoms with Gasteiger partial charge in [0, 0.05) is 36.9 Å². The zero-order valence-corrected chi connectivity index (χ0v) is 12.6. The van der Waals surface area contributed by atoms with Crippen molar-refractivity contribution in [3.8, 4) is 0 Å². The van der Waals surface area contributed by atoms with Crippen molar-refractivity contribution < 1.29 is 0 Å². The summed E-state index contributed by atoms with van der Waals surface area (Å²) in [6.45, 7) is 1.64. The number of aromatic nitrogens is 1. The molecular formula is C20H25N3. The first-order valence-corrected chi connectivity index (χ1v) is 7.64. The lowest BCUT2D eigenvalue weighted by Gasteiger charge is -2.13. The summed E-state index contributed by atoms with van der Waals surface area (Å²) >= 11 is 0. The van der Waals surface area contributed by atoms with Crippen LogP contribution >= 0.6 is 0 Å². The van der Waals surface area contributed by atoms with Crippen molar-refractivity contribution in [2.24, 2.45) is 5.73 Å². The largest absolute Gasteiger partial charge is 0.326 e. The lowest BCUT2D eigenvalue weighted by Crippen LogP contribution is -2.35. The van der Waals surface area contributed by atoms with E-state index in [-0.39, 0.29) is 13.5 Å². The van der Waals surface area contributed by atoms with Gasteiger partial charge in [0.1, 0.15) is 0 Å². The van der Waals surface area contributed by atoms with E-state index < -0.39 is 0 Å². The van der Waals surface area contributed by atoms with Crippen LogP contribution in [0, 0.1) is 0 Å². The molecule has 0 saturated heterocycles. The van der Waals surface area contributed by atoms with Crippen LogP contribution in [-0.2, 0) is 13.0 Å². The third-order valence-electron chi connectivity index (χ3n) is 3.78. The van der Waals surface area contributed by atoms with Crippen LogP contribution in [0.2, 0.25) is 0 Å². The van der Waals surface area contributed by atoms with Gasteiger partial charge >= 0.3 is 0 Å². The van der Waals surface area contributed by atoms with Gasteiger partial charge in [0.2, 0.25) is 0 Å². The van der Waals surface area contributed by atoms with E-state index in [1.54, 1.807) is 0 Å². The van der Waals surface area contributed by atoms with Crippen LogP contribution in [-0.4, -0.2) is 17.6 Å². The number of rotatable bonds is 6. The van der Waals surface area contributed by atoms with Crippen LogP contribution in [0.1, 0.15) is 18.6 Å². The third kappa shape index (κ3) is 4.88. The Hall–Kier alpha value is -2.23. The highest BCUT2D eigenvalue weighted by molar-refractivity contribution is 5.81. The molecule has 3 nitrogen and oxygen atoms in total. The zero-order valence-electron chi connectivity index (χ0n) is 12.6. The van der Waals surface area contributed by atoms with Gasteiger partial charge in [-0.1, -0.05) is 49.9 Å². The Morgan fingerprint density at radius 3 is 2.61 bits per heavy atom. The highest BCUT2D eigenvalue weighted by atomic mass is 14.9. The highest BCUT2D eigenvalue weighted by Crippen LogP contribution is 2.14. The third-order valence-corrected chi connectivity index (χ3v) is 3.78. The summed E-state index contributed by atoms with van der Waals surface area (Å²) in [6.07, 6.45) is 4.62. The smallest absolute Gasteiger partial charge is 0.0346 e. The predicted molar refractivity (Wildman–Crippen MR) is 98.3 cm³/mol. The second-order valence-electron chi connectivity index (χ2n) is 5.64. The molecule has 1 atom stereocenters. The SMILES string of the molecule is C.N[C@H](CNCc1ccc2cnccc2c1)Cc1ccccc1. The van der Waals surface area contributed by atoms with Gasteiger partial charge in [-0.05, 0) is 35.1 Å². The fourth-order valence-corrected chi connectivity index (χ4v) is 2.63. The monoisotopic (exact) mass is 307 g/mol. The maximum absolute atomic E-state index is 6.19. The molecule has 1 aromatic heterocycles. The Labute approximate surface area is 138 Å². The molecule has 0 spiro atoms. The number of hydrogen-bond donors (Lipinski definition) is 2. The molecule has 3 rings (SSSR count). The number of fused-ring (bicyclic) bond motifs is 1.